The van der Waals surface area contributed by atoms with Gasteiger partial charge in [0.2, 0.25) is 11.0 Å². The Kier molecular flexibility index (Phi) is 18.8. The van der Waals surface area contributed by atoms with Gasteiger partial charge in [-0.2, -0.15) is 39.9 Å². The summed E-state index contributed by atoms with van der Waals surface area (Å²) in [6, 6.07) is 36.9. The van der Waals surface area contributed by atoms with E-state index in [0.29, 0.717) is 18.1 Å². The number of benzene rings is 6. The molecule has 0 aliphatic carbocycles. The Balaban J connectivity index is 0.000000220. The number of thioether (sulfide) groups is 2. The number of hydrogen-bond acceptors (Lipinski definition) is 14. The molecule has 72 heavy (non-hydrogen) atoms. The minimum atomic E-state index is -4.69. The van der Waals surface area contributed by atoms with E-state index >= 15 is 0 Å². The molecule has 0 saturated heterocycles. The molecule has 0 bridgehead atoms. The molecule has 14 nitrogen and oxygen atoms in total. The van der Waals surface area contributed by atoms with Gasteiger partial charge in [0.05, 0.1) is 70.8 Å². The van der Waals surface area contributed by atoms with Crippen molar-refractivity contribution >= 4 is 155 Å². The van der Waals surface area contributed by atoms with Crippen LogP contribution in [0.3, 0.4) is 0 Å². The van der Waals surface area contributed by atoms with Crippen LogP contribution < -0.4 is 62.5 Å². The summed E-state index contributed by atoms with van der Waals surface area (Å²) in [5.74, 6) is -0.708. The van der Waals surface area contributed by atoms with Crippen LogP contribution >= 0.6 is 69.4 Å². The quantitative estimate of drug-likeness (QED) is 0.0795. The van der Waals surface area contributed by atoms with E-state index < -0.39 is 30.5 Å². The third-order valence-electron chi connectivity index (χ3n) is 11.3. The van der Waals surface area contributed by atoms with Crippen molar-refractivity contribution < 1.29 is 94.9 Å². The van der Waals surface area contributed by atoms with Crippen molar-refractivity contribution in [3.63, 3.8) is 0 Å². The van der Waals surface area contributed by atoms with Gasteiger partial charge >= 0.3 is 29.6 Å². The number of aryl methyl sites for hydroxylation is 2. The van der Waals surface area contributed by atoms with Crippen molar-refractivity contribution in [2.75, 3.05) is 34.4 Å². The van der Waals surface area contributed by atoms with E-state index in [1.165, 1.54) is 53.4 Å². The van der Waals surface area contributed by atoms with Crippen LogP contribution in [0.5, 0.6) is 0 Å². The van der Waals surface area contributed by atoms with Gasteiger partial charge in [-0.05, 0) is 91.7 Å². The maximum Gasteiger partial charge on any atom is 1.00 e. The molecule has 0 amide bonds. The molecule has 2 aromatic heterocycles. The Morgan fingerprint density at radius 1 is 0.653 bits per heavy atom. The molecular weight excluding hydrogens is 1110 g/mol. The minimum Gasteiger partial charge on any atom is -1.00 e. The monoisotopic (exact) mass is 1160 g/mol. The van der Waals surface area contributed by atoms with Crippen LogP contribution in [-0.4, -0.2) is 55.2 Å². The van der Waals surface area contributed by atoms with E-state index in [4.69, 9.17) is 41.8 Å². The Bertz CT molecular complexity index is 3610. The average Bonchev–Trinajstić information content (AvgIpc) is 4.05. The van der Waals surface area contributed by atoms with Crippen LogP contribution in [-0.2, 0) is 33.3 Å². The molecule has 6 aromatic carbocycles. The zero-order valence-corrected chi connectivity index (χ0v) is 47.9. The molecular formula is C48H46Cl3N4NaO10S6+2. The fourth-order valence-electron chi connectivity index (χ4n) is 8.44. The summed E-state index contributed by atoms with van der Waals surface area (Å²) in [6.07, 6.45) is 4.80. The van der Waals surface area contributed by atoms with Crippen molar-refractivity contribution in [2.24, 2.45) is 0 Å². The van der Waals surface area contributed by atoms with Crippen LogP contribution in [0.4, 0.5) is 11.4 Å². The largest absolute Gasteiger partial charge is 1.00 e. The molecule has 2 aliphatic rings. The number of fused-ring (bicyclic) bond motifs is 8. The SMILES string of the molecule is CCN1C(=Cc2sc3ccc4ccccc4c3[n+]2CC)Sc2ccc(Cl)cc21.O=S(=O)(O)CCCN1C(=Cc2sc3ccc4ccccc4c3[n+]2CCCS(=O)(=O)O)Sc2ccc(Cl)cc21.[H-].[Na+].[O-][Cl+3]([O-])([O-])O. The molecule has 0 radical (unpaired) electrons. The summed E-state index contributed by atoms with van der Waals surface area (Å²) in [5.41, 5.74) is 4.38. The van der Waals surface area contributed by atoms with Gasteiger partial charge in [0.15, 0.2) is 6.54 Å². The van der Waals surface area contributed by atoms with E-state index in [1.807, 2.05) is 82.6 Å². The van der Waals surface area contributed by atoms with Crippen molar-refractivity contribution in [3.8, 4) is 0 Å². The summed E-state index contributed by atoms with van der Waals surface area (Å²) in [6.45, 7) is 7.01. The molecule has 4 heterocycles. The van der Waals surface area contributed by atoms with Crippen molar-refractivity contribution in [1.82, 2.24) is 0 Å². The smallest absolute Gasteiger partial charge is 1.00 e. The molecule has 0 spiro atoms. The minimum absolute atomic E-state index is 0. The fraction of sp³-hybridized carbons (Fsp3) is 0.208. The zero-order chi connectivity index (χ0) is 50.8. The van der Waals surface area contributed by atoms with Gasteiger partial charge in [-0.15, -0.1) is 0 Å². The van der Waals surface area contributed by atoms with Gasteiger partial charge in [-0.25, -0.2) is 0 Å². The number of rotatable bonds is 12. The Morgan fingerprint density at radius 2 is 1.10 bits per heavy atom. The van der Waals surface area contributed by atoms with Gasteiger partial charge in [-0.1, -0.05) is 118 Å². The second-order valence-corrected chi connectivity index (χ2v) is 25.1. The fourth-order valence-corrected chi connectivity index (χ4v) is 14.5. The predicted molar refractivity (Wildman–Crippen MR) is 281 cm³/mol. The third kappa shape index (κ3) is 13.9. The normalized spacial score (nSPS) is 14.7. The summed E-state index contributed by atoms with van der Waals surface area (Å²) >= 11 is 19.3. The van der Waals surface area contributed by atoms with E-state index in [2.05, 4.69) is 88.6 Å². The standard InChI is InChI=1S/C25H23ClN2O6S4.C23H20ClN2S2.ClHO4.Na.H/c26-18-8-10-21-20(15-18)27(11-3-13-37(29,30)31)23(35-21)16-24-28(12-4-14-38(32,33)34)25-19-6-2-1-5-17(19)7-9-22(25)36-24;1-3-25-18-13-16(24)10-12-19(18)27-21(25)14-22-26(4-2)23-17-8-6-5-7-15(17)9-11-20(23)28-22;2-1(3,4)5;;/h1-2,5-10,15-16H,3-4,11-14H2,(H-,29,30,31,32,33,34);5-14H,3-4H2,1-2H3;(H,2,3,4,5);;/q;+1;;+1;-1/p+1. The Morgan fingerprint density at radius 3 is 1.58 bits per heavy atom. The molecule has 8 aromatic rings. The Labute approximate surface area is 468 Å². The van der Waals surface area contributed by atoms with Crippen molar-refractivity contribution in [3.05, 3.63) is 139 Å². The number of aromatic nitrogens is 2. The van der Waals surface area contributed by atoms with E-state index in [9.17, 15) is 25.9 Å². The first kappa shape index (κ1) is 56.7. The summed E-state index contributed by atoms with van der Waals surface area (Å²) < 4.78 is 104. The van der Waals surface area contributed by atoms with Crippen LogP contribution in [0, 0.1) is 10.2 Å². The predicted octanol–water partition coefficient (Wildman–Crippen LogP) is 5.40. The van der Waals surface area contributed by atoms with Gasteiger partial charge in [-0.3, -0.25) is 9.11 Å². The topological polar surface area (TPSA) is 212 Å². The number of anilines is 2. The molecule has 0 unspecified atom stereocenters. The van der Waals surface area contributed by atoms with Crippen LogP contribution in [0.1, 0.15) is 38.1 Å². The first-order chi connectivity index (χ1) is 33.7. The number of halogens is 3. The van der Waals surface area contributed by atoms with Gasteiger partial charge in [0.25, 0.3) is 30.3 Å². The number of hydrogen-bond donors (Lipinski definition) is 3. The number of thiazole rings is 2. The molecule has 2 aliphatic heterocycles. The summed E-state index contributed by atoms with van der Waals surface area (Å²) in [5, 5.41) is 10.3. The van der Waals surface area contributed by atoms with Gasteiger partial charge < -0.3 is 11.2 Å². The molecule has 0 atom stereocenters. The molecule has 0 fully saturated rings. The third-order valence-corrected chi connectivity index (χ3v) is 17.8. The summed E-state index contributed by atoms with van der Waals surface area (Å²) in [4.78, 5) is 6.58. The molecule has 374 valence electrons. The molecule has 24 heteroatoms. The van der Waals surface area contributed by atoms with E-state index in [0.717, 1.165) is 59.7 Å². The van der Waals surface area contributed by atoms with E-state index in [-0.39, 0.29) is 55.3 Å². The zero-order valence-electron chi connectivity index (χ0n) is 39.8. The van der Waals surface area contributed by atoms with Crippen LogP contribution in [0.2, 0.25) is 10.0 Å². The summed E-state index contributed by atoms with van der Waals surface area (Å²) in [7, 11) is -12.9. The average molecular weight is 1160 g/mol. The van der Waals surface area contributed by atoms with Crippen molar-refractivity contribution in [2.45, 2.75) is 49.6 Å². The second-order valence-electron chi connectivity index (χ2n) is 16.0. The Hall–Kier alpha value is -3.07. The first-order valence-corrected chi connectivity index (χ1v) is 30.3. The molecule has 10 rings (SSSR count). The molecule has 3 N–H and O–H groups in total. The van der Waals surface area contributed by atoms with Gasteiger partial charge in [0, 0.05) is 39.3 Å². The van der Waals surface area contributed by atoms with E-state index in [1.54, 1.807) is 17.4 Å². The van der Waals surface area contributed by atoms with Crippen LogP contribution in [0.25, 0.3) is 54.1 Å². The van der Waals surface area contributed by atoms with Gasteiger partial charge in [0.1, 0.15) is 15.9 Å². The maximum atomic E-state index is 11.4. The number of nitrogens with zero attached hydrogens (tertiary/aromatic N) is 4. The first-order valence-electron chi connectivity index (χ1n) is 21.8. The second kappa shape index (κ2) is 23.9. The maximum absolute atomic E-state index is 11.4. The van der Waals surface area contributed by atoms with Crippen molar-refractivity contribution in [1.29, 1.82) is 0 Å². The van der Waals surface area contributed by atoms with Crippen LogP contribution in [0.15, 0.2) is 129 Å². The molecule has 0 saturated carbocycles.